The predicted molar refractivity (Wildman–Crippen MR) is 93.3 cm³/mol. The monoisotopic (exact) mass is 356 g/mol. The summed E-state index contributed by atoms with van der Waals surface area (Å²) < 4.78 is 31.9. The van der Waals surface area contributed by atoms with Gasteiger partial charge in [-0.3, -0.25) is 9.59 Å². The standard InChI is InChI=1S/C21H18F2O3/c1-2-26-21(25)20-18(14-4-3-5-17(23)10-14)11-15(12-19(20)24)13-6-8-16(22)9-7-13/h3-10,12,18,20H,2,11H2,1H3/t18-,20+/m0/s1. The Bertz CT molecular complexity index is 856. The van der Waals surface area contributed by atoms with Crippen molar-refractivity contribution in [1.29, 1.82) is 0 Å². The van der Waals surface area contributed by atoms with Gasteiger partial charge in [0, 0.05) is 5.92 Å². The molecule has 0 amide bonds. The molecule has 2 aromatic rings. The summed E-state index contributed by atoms with van der Waals surface area (Å²) >= 11 is 0. The van der Waals surface area contributed by atoms with E-state index >= 15 is 0 Å². The Kier molecular flexibility index (Phi) is 5.26. The number of esters is 1. The minimum atomic E-state index is -1.01. The van der Waals surface area contributed by atoms with Gasteiger partial charge >= 0.3 is 5.97 Å². The van der Waals surface area contributed by atoms with Crippen molar-refractivity contribution < 1.29 is 23.1 Å². The van der Waals surface area contributed by atoms with Gasteiger partial charge in [-0.25, -0.2) is 8.78 Å². The van der Waals surface area contributed by atoms with E-state index < -0.39 is 23.6 Å². The van der Waals surface area contributed by atoms with Crippen LogP contribution in [-0.2, 0) is 14.3 Å². The van der Waals surface area contributed by atoms with Crippen molar-refractivity contribution in [3.05, 3.63) is 77.4 Å². The summed E-state index contributed by atoms with van der Waals surface area (Å²) in [6, 6.07) is 11.7. The van der Waals surface area contributed by atoms with Gasteiger partial charge in [0.15, 0.2) is 5.78 Å². The van der Waals surface area contributed by atoms with Gasteiger partial charge in [0.2, 0.25) is 0 Å². The summed E-state index contributed by atoms with van der Waals surface area (Å²) in [6.07, 6.45) is 1.76. The highest BCUT2D eigenvalue weighted by molar-refractivity contribution is 6.10. The molecule has 134 valence electrons. The number of carbonyl (C=O) groups excluding carboxylic acids is 2. The first kappa shape index (κ1) is 18.0. The quantitative estimate of drug-likeness (QED) is 0.606. The van der Waals surface area contributed by atoms with Crippen LogP contribution in [0, 0.1) is 17.6 Å². The number of allylic oxidation sites excluding steroid dienone is 2. The fourth-order valence-corrected chi connectivity index (χ4v) is 3.30. The van der Waals surface area contributed by atoms with Gasteiger partial charge in [0.05, 0.1) is 6.61 Å². The van der Waals surface area contributed by atoms with Crippen molar-refractivity contribution in [1.82, 2.24) is 0 Å². The Hall–Kier alpha value is -2.82. The second-order valence-corrected chi connectivity index (χ2v) is 6.17. The van der Waals surface area contributed by atoms with Crippen LogP contribution in [0.4, 0.5) is 8.78 Å². The first-order chi connectivity index (χ1) is 12.5. The molecule has 2 aromatic carbocycles. The Morgan fingerprint density at radius 1 is 1.12 bits per heavy atom. The molecule has 0 fully saturated rings. The minimum absolute atomic E-state index is 0.160. The number of ketones is 1. The fraction of sp³-hybridized carbons (Fsp3) is 0.238. The van der Waals surface area contributed by atoms with Crippen LogP contribution in [0.25, 0.3) is 5.57 Å². The zero-order valence-electron chi connectivity index (χ0n) is 14.2. The van der Waals surface area contributed by atoms with Gasteiger partial charge in [0.1, 0.15) is 17.6 Å². The van der Waals surface area contributed by atoms with Crippen LogP contribution in [0.2, 0.25) is 0 Å². The highest BCUT2D eigenvalue weighted by Crippen LogP contribution is 2.40. The lowest BCUT2D eigenvalue weighted by atomic mass is 9.73. The summed E-state index contributed by atoms with van der Waals surface area (Å²) in [4.78, 5) is 25.0. The third-order valence-electron chi connectivity index (χ3n) is 4.50. The molecule has 0 saturated heterocycles. The number of carbonyl (C=O) groups is 2. The lowest BCUT2D eigenvalue weighted by Gasteiger charge is -2.29. The molecule has 0 spiro atoms. The number of rotatable bonds is 4. The van der Waals surface area contributed by atoms with Crippen LogP contribution in [-0.4, -0.2) is 18.4 Å². The molecule has 0 saturated carbocycles. The van der Waals surface area contributed by atoms with E-state index in [4.69, 9.17) is 4.74 Å². The number of halogens is 2. The van der Waals surface area contributed by atoms with E-state index in [9.17, 15) is 18.4 Å². The lowest BCUT2D eigenvalue weighted by molar-refractivity contribution is -0.151. The molecule has 1 aliphatic carbocycles. The van der Waals surface area contributed by atoms with Crippen LogP contribution in [0.5, 0.6) is 0 Å². The maximum atomic E-state index is 13.7. The molecule has 3 rings (SSSR count). The molecule has 26 heavy (non-hydrogen) atoms. The average Bonchev–Trinajstić information content (AvgIpc) is 2.61. The minimum Gasteiger partial charge on any atom is -0.465 e. The fourth-order valence-electron chi connectivity index (χ4n) is 3.30. The van der Waals surface area contributed by atoms with Gasteiger partial charge in [-0.05, 0) is 60.4 Å². The maximum Gasteiger partial charge on any atom is 0.317 e. The molecule has 0 aliphatic heterocycles. The first-order valence-electron chi connectivity index (χ1n) is 8.42. The van der Waals surface area contributed by atoms with E-state index in [2.05, 4.69) is 0 Å². The molecule has 5 heteroatoms. The van der Waals surface area contributed by atoms with Crippen molar-refractivity contribution >= 4 is 17.3 Å². The van der Waals surface area contributed by atoms with Crippen molar-refractivity contribution in [2.45, 2.75) is 19.3 Å². The van der Waals surface area contributed by atoms with Crippen LogP contribution in [0.1, 0.15) is 30.4 Å². The maximum absolute atomic E-state index is 13.7. The van der Waals surface area contributed by atoms with Gasteiger partial charge in [-0.15, -0.1) is 0 Å². The zero-order valence-corrected chi connectivity index (χ0v) is 14.2. The number of ether oxygens (including phenoxy) is 1. The Morgan fingerprint density at radius 3 is 2.50 bits per heavy atom. The molecular formula is C21H18F2O3. The third kappa shape index (κ3) is 3.72. The van der Waals surface area contributed by atoms with E-state index in [1.54, 1.807) is 31.2 Å². The zero-order chi connectivity index (χ0) is 18.7. The van der Waals surface area contributed by atoms with Crippen LogP contribution < -0.4 is 0 Å². The number of benzene rings is 2. The van der Waals surface area contributed by atoms with Crippen LogP contribution in [0.3, 0.4) is 0 Å². The highest BCUT2D eigenvalue weighted by Gasteiger charge is 2.39. The Morgan fingerprint density at radius 2 is 1.85 bits per heavy atom. The van der Waals surface area contributed by atoms with Crippen LogP contribution >= 0.6 is 0 Å². The molecule has 0 radical (unpaired) electrons. The second-order valence-electron chi connectivity index (χ2n) is 6.17. The smallest absolute Gasteiger partial charge is 0.317 e. The largest absolute Gasteiger partial charge is 0.465 e. The highest BCUT2D eigenvalue weighted by atomic mass is 19.1. The van der Waals surface area contributed by atoms with E-state index in [0.717, 1.165) is 0 Å². The summed E-state index contributed by atoms with van der Waals surface area (Å²) in [6.45, 7) is 1.83. The molecule has 0 aromatic heterocycles. The van der Waals surface area contributed by atoms with Gasteiger partial charge < -0.3 is 4.74 Å². The molecule has 0 bridgehead atoms. The van der Waals surface area contributed by atoms with Crippen molar-refractivity contribution in [2.75, 3.05) is 6.61 Å². The molecule has 1 aliphatic rings. The third-order valence-corrected chi connectivity index (χ3v) is 4.50. The van der Waals surface area contributed by atoms with Crippen LogP contribution in [0.15, 0.2) is 54.6 Å². The van der Waals surface area contributed by atoms with Gasteiger partial charge in [-0.1, -0.05) is 24.3 Å². The topological polar surface area (TPSA) is 43.4 Å². The molecule has 2 atom stereocenters. The molecule has 0 heterocycles. The molecule has 0 unspecified atom stereocenters. The van der Waals surface area contributed by atoms with E-state index in [1.165, 1.54) is 30.3 Å². The first-order valence-corrected chi connectivity index (χ1v) is 8.42. The van der Waals surface area contributed by atoms with Gasteiger partial charge in [-0.2, -0.15) is 0 Å². The van der Waals surface area contributed by atoms with E-state index in [0.29, 0.717) is 23.1 Å². The number of hydrogen-bond donors (Lipinski definition) is 0. The summed E-state index contributed by atoms with van der Waals surface area (Å²) in [5, 5.41) is 0. The molecular weight excluding hydrogens is 338 g/mol. The SMILES string of the molecule is CCOC(=O)[C@H]1C(=O)C=C(c2ccc(F)cc2)C[C@H]1c1cccc(F)c1. The second kappa shape index (κ2) is 7.60. The van der Waals surface area contributed by atoms with Crippen molar-refractivity contribution in [3.8, 4) is 0 Å². The Balaban J connectivity index is 2.02. The normalized spacial score (nSPS) is 19.8. The average molecular weight is 356 g/mol. The summed E-state index contributed by atoms with van der Waals surface area (Å²) in [7, 11) is 0. The van der Waals surface area contributed by atoms with E-state index in [-0.39, 0.29) is 18.2 Å². The summed E-state index contributed by atoms with van der Waals surface area (Å²) in [5.41, 5.74) is 1.94. The van der Waals surface area contributed by atoms with Crippen molar-refractivity contribution in [3.63, 3.8) is 0 Å². The van der Waals surface area contributed by atoms with Crippen molar-refractivity contribution in [2.24, 2.45) is 5.92 Å². The van der Waals surface area contributed by atoms with E-state index in [1.807, 2.05) is 0 Å². The van der Waals surface area contributed by atoms with Gasteiger partial charge in [0.25, 0.3) is 0 Å². The number of hydrogen-bond acceptors (Lipinski definition) is 3. The molecule has 3 nitrogen and oxygen atoms in total. The lowest BCUT2D eigenvalue weighted by Crippen LogP contribution is -2.34. The predicted octanol–water partition coefficient (Wildman–Crippen LogP) is 4.28. The summed E-state index contributed by atoms with van der Waals surface area (Å²) in [5.74, 6) is -3.36. The Labute approximate surface area is 150 Å². The molecule has 0 N–H and O–H groups in total.